The molecule has 4 heteroatoms. The van der Waals surface area contributed by atoms with Gasteiger partial charge >= 0.3 is 0 Å². The third-order valence-corrected chi connectivity index (χ3v) is 4.90. The van der Waals surface area contributed by atoms with E-state index in [1.807, 2.05) is 68.4 Å². The molecule has 1 heterocycles. The second-order valence-corrected chi connectivity index (χ2v) is 6.74. The normalized spacial score (nSPS) is 10.8. The summed E-state index contributed by atoms with van der Waals surface area (Å²) in [5, 5.41) is 3.76. The molecule has 4 aromatic rings. The molecule has 0 fully saturated rings. The predicted octanol–water partition coefficient (Wildman–Crippen LogP) is 5.98. The van der Waals surface area contributed by atoms with Crippen LogP contribution in [0.15, 0.2) is 71.1 Å². The van der Waals surface area contributed by atoms with Crippen molar-refractivity contribution >= 4 is 22.6 Å². The quantitative estimate of drug-likeness (QED) is 0.480. The van der Waals surface area contributed by atoms with Gasteiger partial charge in [0, 0.05) is 11.3 Å². The first-order valence-electron chi connectivity index (χ1n) is 9.12. The van der Waals surface area contributed by atoms with E-state index in [1.54, 1.807) is 7.11 Å². The topological polar surface area (TPSA) is 51.5 Å². The van der Waals surface area contributed by atoms with Crippen molar-refractivity contribution in [3.63, 3.8) is 0 Å². The summed E-state index contributed by atoms with van der Waals surface area (Å²) in [4.78, 5) is 12.8. The van der Waals surface area contributed by atoms with E-state index >= 15 is 0 Å². The molecule has 1 amide bonds. The molecule has 0 aliphatic heterocycles. The van der Waals surface area contributed by atoms with Gasteiger partial charge in [0.25, 0.3) is 5.91 Å². The molecular formula is C24H21NO3. The van der Waals surface area contributed by atoms with Gasteiger partial charge < -0.3 is 14.5 Å². The van der Waals surface area contributed by atoms with Gasteiger partial charge in [-0.15, -0.1) is 0 Å². The number of anilines is 1. The van der Waals surface area contributed by atoms with Crippen molar-refractivity contribution in [2.24, 2.45) is 0 Å². The SMILES string of the molecule is COc1c(C)ccc2oc(C(=O)Nc3ccc(-c4ccccc4)cc3)c(C)c12. The fraction of sp³-hybridized carbons (Fsp3) is 0.125. The number of nitrogens with one attached hydrogen (secondary N) is 1. The summed E-state index contributed by atoms with van der Waals surface area (Å²) in [6.07, 6.45) is 0. The van der Waals surface area contributed by atoms with Crippen molar-refractivity contribution in [2.75, 3.05) is 12.4 Å². The molecule has 4 rings (SSSR count). The number of hydrogen-bond acceptors (Lipinski definition) is 3. The van der Waals surface area contributed by atoms with Gasteiger partial charge in [0.2, 0.25) is 0 Å². The molecule has 1 N–H and O–H groups in total. The van der Waals surface area contributed by atoms with Gasteiger partial charge in [-0.2, -0.15) is 0 Å². The Bertz CT molecular complexity index is 1140. The van der Waals surface area contributed by atoms with Crippen LogP contribution < -0.4 is 10.1 Å². The number of ether oxygens (including phenoxy) is 1. The van der Waals surface area contributed by atoms with Crippen molar-refractivity contribution < 1.29 is 13.9 Å². The molecule has 3 aromatic carbocycles. The molecule has 0 aliphatic carbocycles. The highest BCUT2D eigenvalue weighted by atomic mass is 16.5. The number of carbonyl (C=O) groups excluding carboxylic acids is 1. The third kappa shape index (κ3) is 3.14. The van der Waals surface area contributed by atoms with Crippen molar-refractivity contribution in [2.45, 2.75) is 13.8 Å². The van der Waals surface area contributed by atoms with Crippen LogP contribution in [0.5, 0.6) is 5.75 Å². The standard InChI is InChI=1S/C24H21NO3/c1-15-9-14-20-21(22(15)27-3)16(2)23(28-20)24(26)25-19-12-10-18(11-13-19)17-7-5-4-6-8-17/h4-14H,1-3H3,(H,25,26). The third-order valence-electron chi connectivity index (χ3n) is 4.90. The van der Waals surface area contributed by atoms with Crippen LogP contribution in [0.4, 0.5) is 5.69 Å². The average molecular weight is 371 g/mol. The maximum atomic E-state index is 12.8. The molecule has 0 atom stereocenters. The molecule has 0 aliphatic rings. The summed E-state index contributed by atoms with van der Waals surface area (Å²) >= 11 is 0. The Kier molecular flexibility index (Phi) is 4.62. The van der Waals surface area contributed by atoms with E-state index in [0.29, 0.717) is 17.0 Å². The maximum absolute atomic E-state index is 12.8. The minimum atomic E-state index is -0.277. The van der Waals surface area contributed by atoms with Crippen LogP contribution in [0.2, 0.25) is 0 Å². The zero-order chi connectivity index (χ0) is 19.7. The minimum Gasteiger partial charge on any atom is -0.496 e. The van der Waals surface area contributed by atoms with Crippen LogP contribution in [0.1, 0.15) is 21.7 Å². The van der Waals surface area contributed by atoms with E-state index in [-0.39, 0.29) is 5.91 Å². The van der Waals surface area contributed by atoms with Gasteiger partial charge in [-0.05, 0) is 48.7 Å². The fourth-order valence-corrected chi connectivity index (χ4v) is 3.45. The first-order valence-corrected chi connectivity index (χ1v) is 9.12. The van der Waals surface area contributed by atoms with Crippen LogP contribution in [0, 0.1) is 13.8 Å². The summed E-state index contributed by atoms with van der Waals surface area (Å²) in [5.41, 5.74) is 5.36. The molecule has 1 aromatic heterocycles. The summed E-state index contributed by atoms with van der Waals surface area (Å²) in [5.74, 6) is 0.761. The van der Waals surface area contributed by atoms with E-state index in [9.17, 15) is 4.79 Å². The van der Waals surface area contributed by atoms with Crippen LogP contribution in [-0.4, -0.2) is 13.0 Å². The molecule has 0 bridgehead atoms. The summed E-state index contributed by atoms with van der Waals surface area (Å²) in [7, 11) is 1.63. The van der Waals surface area contributed by atoms with Gasteiger partial charge in [0.1, 0.15) is 11.3 Å². The number of benzene rings is 3. The Morgan fingerprint density at radius 1 is 0.893 bits per heavy atom. The number of fused-ring (bicyclic) bond motifs is 1. The Labute approximate surface area is 163 Å². The molecule has 0 unspecified atom stereocenters. The molecule has 0 saturated carbocycles. The second kappa shape index (κ2) is 7.24. The Morgan fingerprint density at radius 3 is 2.25 bits per heavy atom. The van der Waals surface area contributed by atoms with Gasteiger partial charge in [0.05, 0.1) is 12.5 Å². The second-order valence-electron chi connectivity index (χ2n) is 6.74. The molecule has 0 radical (unpaired) electrons. The van der Waals surface area contributed by atoms with Gasteiger partial charge in [0.15, 0.2) is 5.76 Å². The lowest BCUT2D eigenvalue weighted by molar-refractivity contribution is 0.0998. The summed E-state index contributed by atoms with van der Waals surface area (Å²) in [6, 6.07) is 21.7. The van der Waals surface area contributed by atoms with Gasteiger partial charge in [-0.3, -0.25) is 4.79 Å². The summed E-state index contributed by atoms with van der Waals surface area (Å²) in [6.45, 7) is 3.85. The Morgan fingerprint density at radius 2 is 1.57 bits per heavy atom. The predicted molar refractivity (Wildman–Crippen MR) is 112 cm³/mol. The van der Waals surface area contributed by atoms with E-state index < -0.39 is 0 Å². The summed E-state index contributed by atoms with van der Waals surface area (Å²) < 4.78 is 11.3. The largest absolute Gasteiger partial charge is 0.496 e. The molecule has 140 valence electrons. The zero-order valence-corrected chi connectivity index (χ0v) is 16.1. The van der Waals surface area contributed by atoms with Crippen LogP contribution in [-0.2, 0) is 0 Å². The van der Waals surface area contributed by atoms with Gasteiger partial charge in [-0.25, -0.2) is 0 Å². The lowest BCUT2D eigenvalue weighted by atomic mass is 10.1. The monoisotopic (exact) mass is 371 g/mol. The van der Waals surface area contributed by atoms with Gasteiger partial charge in [-0.1, -0.05) is 48.5 Å². The van der Waals surface area contributed by atoms with Crippen LogP contribution >= 0.6 is 0 Å². The Balaban J connectivity index is 1.61. The minimum absolute atomic E-state index is 0.277. The van der Waals surface area contributed by atoms with Crippen molar-refractivity contribution in [1.29, 1.82) is 0 Å². The number of furan rings is 1. The number of amides is 1. The van der Waals surface area contributed by atoms with E-state index in [1.165, 1.54) is 0 Å². The molecule has 4 nitrogen and oxygen atoms in total. The van der Waals surface area contributed by atoms with Crippen molar-refractivity contribution in [3.8, 4) is 16.9 Å². The highest BCUT2D eigenvalue weighted by Gasteiger charge is 2.21. The first kappa shape index (κ1) is 17.9. The highest BCUT2D eigenvalue weighted by Crippen LogP contribution is 2.35. The number of methoxy groups -OCH3 is 1. The number of hydrogen-bond donors (Lipinski definition) is 1. The number of rotatable bonds is 4. The van der Waals surface area contributed by atoms with Crippen LogP contribution in [0.25, 0.3) is 22.1 Å². The molecule has 28 heavy (non-hydrogen) atoms. The average Bonchev–Trinajstić information content (AvgIpc) is 3.06. The first-order chi connectivity index (χ1) is 13.6. The van der Waals surface area contributed by atoms with Crippen molar-refractivity contribution in [3.05, 3.63) is 83.6 Å². The highest BCUT2D eigenvalue weighted by molar-refractivity contribution is 6.07. The molecule has 0 spiro atoms. The molecule has 0 saturated heterocycles. The maximum Gasteiger partial charge on any atom is 0.291 e. The van der Waals surface area contributed by atoms with E-state index in [0.717, 1.165) is 33.4 Å². The Hall–Kier alpha value is -3.53. The lowest BCUT2D eigenvalue weighted by Gasteiger charge is -2.07. The van der Waals surface area contributed by atoms with E-state index in [4.69, 9.17) is 9.15 Å². The smallest absolute Gasteiger partial charge is 0.291 e. The zero-order valence-electron chi connectivity index (χ0n) is 16.1. The fourth-order valence-electron chi connectivity index (χ4n) is 3.45. The lowest BCUT2D eigenvalue weighted by Crippen LogP contribution is -2.12. The van der Waals surface area contributed by atoms with E-state index in [2.05, 4.69) is 17.4 Å². The van der Waals surface area contributed by atoms with Crippen LogP contribution in [0.3, 0.4) is 0 Å². The molecular weight excluding hydrogens is 350 g/mol. The number of aryl methyl sites for hydroxylation is 2. The van der Waals surface area contributed by atoms with Crippen molar-refractivity contribution in [1.82, 2.24) is 0 Å². The number of carbonyl (C=O) groups is 1.